The van der Waals surface area contributed by atoms with Crippen LogP contribution in [0.3, 0.4) is 0 Å². The fraction of sp³-hybridized carbons (Fsp3) is 0.375. The van der Waals surface area contributed by atoms with Crippen LogP contribution in [0.25, 0.3) is 0 Å². The Hall–Kier alpha value is -1.62. The van der Waals surface area contributed by atoms with Gasteiger partial charge in [-0.2, -0.15) is 0 Å². The molecule has 1 heterocycles. The van der Waals surface area contributed by atoms with Crippen LogP contribution in [0, 0.1) is 0 Å². The van der Waals surface area contributed by atoms with Gasteiger partial charge in [0.15, 0.2) is 0 Å². The van der Waals surface area contributed by atoms with Crippen molar-refractivity contribution in [2.24, 2.45) is 0 Å². The Morgan fingerprint density at radius 2 is 1.86 bits per heavy atom. The lowest BCUT2D eigenvalue weighted by Crippen LogP contribution is -2.08. The second-order valence-corrected chi connectivity index (χ2v) is 5.45. The van der Waals surface area contributed by atoms with Crippen molar-refractivity contribution < 1.29 is 4.74 Å². The highest BCUT2D eigenvalue weighted by Crippen LogP contribution is 2.25. The number of aryl methyl sites for hydroxylation is 1. The van der Waals surface area contributed by atoms with E-state index < -0.39 is 0 Å². The standard InChI is InChI=1S/C16H20BrN3O/c1-4-13-15(17)16(18-5-2)20-14(19-13)10-11-6-8-12(21-3)9-7-11/h6-9H,4-5,10H2,1-3H3,(H,18,19,20). The van der Waals surface area contributed by atoms with Crippen LogP contribution in [0.2, 0.25) is 0 Å². The minimum Gasteiger partial charge on any atom is -0.497 e. The van der Waals surface area contributed by atoms with Gasteiger partial charge < -0.3 is 10.1 Å². The van der Waals surface area contributed by atoms with Crippen molar-refractivity contribution in [3.05, 3.63) is 45.8 Å². The lowest BCUT2D eigenvalue weighted by atomic mass is 10.1. The van der Waals surface area contributed by atoms with Crippen LogP contribution in [0.4, 0.5) is 5.82 Å². The number of benzene rings is 1. The van der Waals surface area contributed by atoms with E-state index in [0.29, 0.717) is 6.42 Å². The van der Waals surface area contributed by atoms with Crippen LogP contribution in [0.5, 0.6) is 5.75 Å². The Morgan fingerprint density at radius 3 is 2.43 bits per heavy atom. The molecule has 0 radical (unpaired) electrons. The first kappa shape index (κ1) is 15.8. The average molecular weight is 350 g/mol. The Balaban J connectivity index is 2.27. The number of methoxy groups -OCH3 is 1. The zero-order valence-electron chi connectivity index (χ0n) is 12.6. The largest absolute Gasteiger partial charge is 0.497 e. The highest BCUT2D eigenvalue weighted by Gasteiger charge is 2.11. The van der Waals surface area contributed by atoms with Gasteiger partial charge in [0.2, 0.25) is 0 Å². The van der Waals surface area contributed by atoms with Crippen molar-refractivity contribution in [2.45, 2.75) is 26.7 Å². The summed E-state index contributed by atoms with van der Waals surface area (Å²) >= 11 is 3.58. The van der Waals surface area contributed by atoms with Crippen LogP contribution in [0.15, 0.2) is 28.7 Å². The predicted molar refractivity (Wildman–Crippen MR) is 89.1 cm³/mol. The van der Waals surface area contributed by atoms with E-state index in [1.165, 1.54) is 5.56 Å². The van der Waals surface area contributed by atoms with Crippen LogP contribution in [0.1, 0.15) is 30.9 Å². The summed E-state index contributed by atoms with van der Waals surface area (Å²) < 4.78 is 6.14. The molecule has 4 nitrogen and oxygen atoms in total. The first-order valence-corrected chi connectivity index (χ1v) is 7.89. The third-order valence-corrected chi connectivity index (χ3v) is 4.00. The second kappa shape index (κ2) is 7.41. The van der Waals surface area contributed by atoms with Gasteiger partial charge in [0.05, 0.1) is 17.3 Å². The van der Waals surface area contributed by atoms with E-state index in [4.69, 9.17) is 4.74 Å². The molecule has 5 heteroatoms. The number of hydrogen-bond donors (Lipinski definition) is 1. The van der Waals surface area contributed by atoms with Crippen molar-refractivity contribution in [3.63, 3.8) is 0 Å². The molecule has 1 aromatic heterocycles. The number of rotatable bonds is 6. The molecule has 0 unspecified atom stereocenters. The van der Waals surface area contributed by atoms with Gasteiger partial charge in [0.25, 0.3) is 0 Å². The number of aromatic nitrogens is 2. The summed E-state index contributed by atoms with van der Waals surface area (Å²) in [5.41, 5.74) is 2.20. The fourth-order valence-corrected chi connectivity index (χ4v) is 2.67. The third-order valence-electron chi connectivity index (χ3n) is 3.17. The fourth-order valence-electron chi connectivity index (χ4n) is 2.07. The van der Waals surface area contributed by atoms with Crippen LogP contribution in [-0.2, 0) is 12.8 Å². The highest BCUT2D eigenvalue weighted by molar-refractivity contribution is 9.10. The summed E-state index contributed by atoms with van der Waals surface area (Å²) in [6, 6.07) is 8.01. The van der Waals surface area contributed by atoms with E-state index in [0.717, 1.165) is 40.5 Å². The number of halogens is 1. The van der Waals surface area contributed by atoms with Gasteiger partial charge in [-0.05, 0) is 47.0 Å². The predicted octanol–water partition coefficient (Wildman–Crippen LogP) is 3.83. The summed E-state index contributed by atoms with van der Waals surface area (Å²) in [6.07, 6.45) is 1.58. The normalized spacial score (nSPS) is 10.5. The molecule has 0 fully saturated rings. The van der Waals surface area contributed by atoms with Crippen LogP contribution in [-0.4, -0.2) is 23.6 Å². The SMILES string of the molecule is CCNc1nc(Cc2ccc(OC)cc2)nc(CC)c1Br. The molecule has 2 rings (SSSR count). The van der Waals surface area contributed by atoms with Crippen molar-refractivity contribution in [1.29, 1.82) is 0 Å². The Bertz CT molecular complexity index is 599. The molecule has 21 heavy (non-hydrogen) atoms. The van der Waals surface area contributed by atoms with E-state index in [1.807, 2.05) is 24.3 Å². The smallest absolute Gasteiger partial charge is 0.144 e. The molecule has 0 saturated heterocycles. The van der Waals surface area contributed by atoms with Gasteiger partial charge in [-0.25, -0.2) is 9.97 Å². The molecule has 0 saturated carbocycles. The van der Waals surface area contributed by atoms with Crippen LogP contribution >= 0.6 is 15.9 Å². The molecule has 0 atom stereocenters. The van der Waals surface area contributed by atoms with Crippen LogP contribution < -0.4 is 10.1 Å². The Labute approximate surface area is 134 Å². The van der Waals surface area contributed by atoms with Gasteiger partial charge in [-0.15, -0.1) is 0 Å². The van der Waals surface area contributed by atoms with Crippen molar-refractivity contribution >= 4 is 21.7 Å². The molecular weight excluding hydrogens is 330 g/mol. The number of anilines is 1. The van der Waals surface area contributed by atoms with Gasteiger partial charge in [-0.1, -0.05) is 19.1 Å². The van der Waals surface area contributed by atoms with Gasteiger partial charge in [-0.3, -0.25) is 0 Å². The molecular formula is C16H20BrN3O. The number of nitrogens with zero attached hydrogens (tertiary/aromatic N) is 2. The molecule has 1 N–H and O–H groups in total. The van der Waals surface area contributed by atoms with Gasteiger partial charge >= 0.3 is 0 Å². The quantitative estimate of drug-likeness (QED) is 0.860. The van der Waals surface area contributed by atoms with E-state index >= 15 is 0 Å². The zero-order valence-corrected chi connectivity index (χ0v) is 14.2. The van der Waals surface area contributed by atoms with E-state index in [1.54, 1.807) is 7.11 Å². The maximum atomic E-state index is 5.18. The number of ether oxygens (including phenoxy) is 1. The summed E-state index contributed by atoms with van der Waals surface area (Å²) in [4.78, 5) is 9.25. The molecule has 0 amide bonds. The molecule has 0 aliphatic carbocycles. The molecule has 112 valence electrons. The molecule has 0 aliphatic rings. The minimum atomic E-state index is 0.711. The summed E-state index contributed by atoms with van der Waals surface area (Å²) in [5.74, 6) is 2.56. The van der Waals surface area contributed by atoms with E-state index in [2.05, 4.69) is 45.1 Å². The summed E-state index contributed by atoms with van der Waals surface area (Å²) in [5, 5.41) is 3.28. The second-order valence-electron chi connectivity index (χ2n) is 4.66. The van der Waals surface area contributed by atoms with Crippen molar-refractivity contribution in [1.82, 2.24) is 9.97 Å². The molecule has 0 spiro atoms. The molecule has 0 aliphatic heterocycles. The maximum Gasteiger partial charge on any atom is 0.144 e. The zero-order chi connectivity index (χ0) is 15.2. The maximum absolute atomic E-state index is 5.18. The van der Waals surface area contributed by atoms with Crippen molar-refractivity contribution in [2.75, 3.05) is 19.0 Å². The summed E-state index contributed by atoms with van der Waals surface area (Å²) in [7, 11) is 1.67. The summed E-state index contributed by atoms with van der Waals surface area (Å²) in [6.45, 7) is 4.99. The highest BCUT2D eigenvalue weighted by atomic mass is 79.9. The molecule has 2 aromatic rings. The monoisotopic (exact) mass is 349 g/mol. The first-order valence-electron chi connectivity index (χ1n) is 7.10. The Morgan fingerprint density at radius 1 is 1.14 bits per heavy atom. The minimum absolute atomic E-state index is 0.711. The number of hydrogen-bond acceptors (Lipinski definition) is 4. The van der Waals surface area contributed by atoms with Gasteiger partial charge in [0, 0.05) is 13.0 Å². The average Bonchev–Trinajstić information content (AvgIpc) is 2.51. The van der Waals surface area contributed by atoms with E-state index in [-0.39, 0.29) is 0 Å². The molecule has 1 aromatic carbocycles. The lowest BCUT2D eigenvalue weighted by Gasteiger charge is -2.11. The topological polar surface area (TPSA) is 47.0 Å². The van der Waals surface area contributed by atoms with Gasteiger partial charge in [0.1, 0.15) is 17.4 Å². The lowest BCUT2D eigenvalue weighted by molar-refractivity contribution is 0.414. The number of nitrogens with one attached hydrogen (secondary N) is 1. The van der Waals surface area contributed by atoms with E-state index in [9.17, 15) is 0 Å². The molecule has 0 bridgehead atoms. The Kier molecular flexibility index (Phi) is 5.56. The third kappa shape index (κ3) is 3.94. The first-order chi connectivity index (χ1) is 10.2. The van der Waals surface area contributed by atoms with Crippen molar-refractivity contribution in [3.8, 4) is 5.75 Å².